The van der Waals surface area contributed by atoms with Crippen LogP contribution >= 0.6 is 22.9 Å². The molecule has 3 N–H and O–H groups in total. The molecule has 2 heterocycles. The molecule has 0 fully saturated rings. The van der Waals surface area contributed by atoms with E-state index in [0.29, 0.717) is 21.3 Å². The number of benzene rings is 1. The molecule has 1 aromatic carbocycles. The number of aryl methyl sites for hydroxylation is 1. The van der Waals surface area contributed by atoms with E-state index >= 15 is 0 Å². The van der Waals surface area contributed by atoms with Crippen LogP contribution in [0.25, 0.3) is 11.3 Å². The molecule has 0 spiro atoms. The Morgan fingerprint density at radius 3 is 2.74 bits per heavy atom. The van der Waals surface area contributed by atoms with Gasteiger partial charge in [0.15, 0.2) is 5.76 Å². The second kappa shape index (κ2) is 7.21. The lowest BCUT2D eigenvalue weighted by molar-refractivity contribution is 0.0998. The highest BCUT2D eigenvalue weighted by molar-refractivity contribution is 7.17. The number of anilines is 1. The molecular weight excluding hydrogens is 384 g/mol. The molecular formula is C20H17ClN2O3S. The van der Waals surface area contributed by atoms with Gasteiger partial charge < -0.3 is 15.5 Å². The quantitative estimate of drug-likeness (QED) is 0.653. The summed E-state index contributed by atoms with van der Waals surface area (Å²) in [7, 11) is 0. The maximum atomic E-state index is 12.6. The zero-order valence-electron chi connectivity index (χ0n) is 14.4. The predicted octanol–water partition coefficient (Wildman–Crippen LogP) is 4.89. The first-order valence-corrected chi connectivity index (χ1v) is 9.84. The normalized spacial score (nSPS) is 13.2. The molecule has 5 nitrogen and oxygen atoms in total. The minimum Gasteiger partial charge on any atom is -0.451 e. The van der Waals surface area contributed by atoms with Crippen LogP contribution < -0.4 is 11.1 Å². The van der Waals surface area contributed by atoms with Gasteiger partial charge in [-0.25, -0.2) is 0 Å². The Hall–Kier alpha value is -2.57. The Labute approximate surface area is 165 Å². The van der Waals surface area contributed by atoms with Crippen LogP contribution in [-0.2, 0) is 12.8 Å². The van der Waals surface area contributed by atoms with Crippen molar-refractivity contribution in [2.24, 2.45) is 5.73 Å². The number of carbonyl (C=O) groups is 2. The summed E-state index contributed by atoms with van der Waals surface area (Å²) < 4.78 is 5.68. The van der Waals surface area contributed by atoms with E-state index in [-0.39, 0.29) is 5.76 Å². The summed E-state index contributed by atoms with van der Waals surface area (Å²) in [5.41, 5.74) is 7.77. The molecule has 0 radical (unpaired) electrons. The number of rotatable bonds is 4. The van der Waals surface area contributed by atoms with Crippen molar-refractivity contribution in [2.75, 3.05) is 5.32 Å². The number of carbonyl (C=O) groups excluding carboxylic acids is 2. The minimum absolute atomic E-state index is 0.159. The van der Waals surface area contributed by atoms with Crippen LogP contribution in [0.2, 0.25) is 5.02 Å². The molecule has 1 aliphatic rings. The van der Waals surface area contributed by atoms with E-state index in [1.807, 2.05) is 12.1 Å². The molecule has 0 bridgehead atoms. The fraction of sp³-hybridized carbons (Fsp3) is 0.200. The number of thiophene rings is 1. The molecule has 0 unspecified atom stereocenters. The number of hydrogen-bond donors (Lipinski definition) is 2. The maximum absolute atomic E-state index is 12.6. The van der Waals surface area contributed by atoms with E-state index in [1.54, 1.807) is 24.3 Å². The Morgan fingerprint density at radius 1 is 1.15 bits per heavy atom. The molecule has 7 heteroatoms. The molecule has 3 aromatic rings. The highest BCUT2D eigenvalue weighted by Gasteiger charge is 2.25. The summed E-state index contributed by atoms with van der Waals surface area (Å²) in [6.45, 7) is 0. The number of nitrogens with two attached hydrogens (primary N) is 1. The molecule has 0 aliphatic heterocycles. The zero-order chi connectivity index (χ0) is 19.0. The number of primary amides is 1. The standard InChI is InChI=1S/C20H17ClN2O3S/c21-12-5-3-4-11(10-12)14-8-9-15(26-14)19(25)23-20-17(18(22)24)13-6-1-2-7-16(13)27-20/h3-5,8-10H,1-2,6-7H2,(H2,22,24)(H,23,25). The summed E-state index contributed by atoms with van der Waals surface area (Å²) in [6.07, 6.45) is 3.84. The van der Waals surface area contributed by atoms with E-state index in [4.69, 9.17) is 21.8 Å². The molecule has 0 saturated carbocycles. The third-order valence-corrected chi connectivity index (χ3v) is 6.03. The number of hydrogen-bond acceptors (Lipinski definition) is 4. The monoisotopic (exact) mass is 400 g/mol. The Morgan fingerprint density at radius 2 is 1.96 bits per heavy atom. The summed E-state index contributed by atoms with van der Waals surface area (Å²) in [4.78, 5) is 25.7. The Kier molecular flexibility index (Phi) is 4.76. The van der Waals surface area contributed by atoms with Crippen molar-refractivity contribution in [1.29, 1.82) is 0 Å². The number of nitrogens with one attached hydrogen (secondary N) is 1. The zero-order valence-corrected chi connectivity index (χ0v) is 16.0. The van der Waals surface area contributed by atoms with Crippen LogP contribution in [0.4, 0.5) is 5.00 Å². The van der Waals surface area contributed by atoms with Gasteiger partial charge in [-0.3, -0.25) is 9.59 Å². The van der Waals surface area contributed by atoms with E-state index < -0.39 is 11.8 Å². The van der Waals surface area contributed by atoms with Crippen LogP contribution in [0.1, 0.15) is 44.2 Å². The molecule has 2 amide bonds. The first-order chi connectivity index (χ1) is 13.0. The number of furan rings is 1. The van der Waals surface area contributed by atoms with Crippen molar-refractivity contribution in [3.63, 3.8) is 0 Å². The maximum Gasteiger partial charge on any atom is 0.292 e. The second-order valence-corrected chi connectivity index (χ2v) is 7.95. The van der Waals surface area contributed by atoms with E-state index in [0.717, 1.165) is 41.7 Å². The van der Waals surface area contributed by atoms with E-state index in [2.05, 4.69) is 5.32 Å². The van der Waals surface area contributed by atoms with Gasteiger partial charge >= 0.3 is 0 Å². The Bertz CT molecular complexity index is 1040. The van der Waals surface area contributed by atoms with Gasteiger partial charge in [0.05, 0.1) is 5.56 Å². The van der Waals surface area contributed by atoms with Crippen LogP contribution in [-0.4, -0.2) is 11.8 Å². The van der Waals surface area contributed by atoms with Gasteiger partial charge in [-0.05, 0) is 55.5 Å². The third kappa shape index (κ3) is 3.50. The highest BCUT2D eigenvalue weighted by Crippen LogP contribution is 2.38. The first-order valence-electron chi connectivity index (χ1n) is 8.64. The van der Waals surface area contributed by atoms with Crippen LogP contribution in [0.15, 0.2) is 40.8 Å². The van der Waals surface area contributed by atoms with Crippen molar-refractivity contribution in [1.82, 2.24) is 0 Å². The first kappa shape index (κ1) is 17.8. The van der Waals surface area contributed by atoms with Crippen LogP contribution in [0, 0.1) is 0 Å². The fourth-order valence-corrected chi connectivity index (χ4v) is 4.82. The van der Waals surface area contributed by atoms with E-state index in [1.165, 1.54) is 11.3 Å². The van der Waals surface area contributed by atoms with E-state index in [9.17, 15) is 9.59 Å². The van der Waals surface area contributed by atoms with Crippen LogP contribution in [0.3, 0.4) is 0 Å². The van der Waals surface area contributed by atoms with Gasteiger partial charge in [0.2, 0.25) is 0 Å². The minimum atomic E-state index is -0.510. The number of halogens is 1. The van der Waals surface area contributed by atoms with Gasteiger partial charge in [-0.2, -0.15) is 0 Å². The van der Waals surface area contributed by atoms with Gasteiger partial charge in [-0.1, -0.05) is 23.7 Å². The molecule has 0 saturated heterocycles. The fourth-order valence-electron chi connectivity index (χ4n) is 3.34. The average Bonchev–Trinajstić information content (AvgIpc) is 3.26. The van der Waals surface area contributed by atoms with Gasteiger partial charge in [0, 0.05) is 15.5 Å². The number of amides is 2. The lowest BCUT2D eigenvalue weighted by Gasteiger charge is -2.11. The van der Waals surface area contributed by atoms with Crippen molar-refractivity contribution in [3.8, 4) is 11.3 Å². The van der Waals surface area contributed by atoms with Crippen molar-refractivity contribution in [3.05, 3.63) is 63.2 Å². The molecule has 2 aromatic heterocycles. The smallest absolute Gasteiger partial charge is 0.292 e. The van der Waals surface area contributed by atoms with Crippen LogP contribution in [0.5, 0.6) is 0 Å². The summed E-state index contributed by atoms with van der Waals surface area (Å²) in [6, 6.07) is 10.5. The highest BCUT2D eigenvalue weighted by atomic mass is 35.5. The molecule has 0 atom stereocenters. The molecule has 4 rings (SSSR count). The predicted molar refractivity (Wildman–Crippen MR) is 107 cm³/mol. The van der Waals surface area contributed by atoms with Crippen molar-refractivity contribution in [2.45, 2.75) is 25.7 Å². The molecule has 138 valence electrons. The summed E-state index contributed by atoms with van der Waals surface area (Å²) in [5.74, 6) is -0.219. The van der Waals surface area contributed by atoms with Crippen molar-refractivity contribution < 1.29 is 14.0 Å². The topological polar surface area (TPSA) is 85.3 Å². The summed E-state index contributed by atoms with van der Waals surface area (Å²) >= 11 is 7.43. The average molecular weight is 401 g/mol. The molecule has 1 aliphatic carbocycles. The largest absolute Gasteiger partial charge is 0.451 e. The Balaban J connectivity index is 1.60. The SMILES string of the molecule is NC(=O)c1c(NC(=O)c2ccc(-c3cccc(Cl)c3)o2)sc2c1CCCC2. The number of fused-ring (bicyclic) bond motifs is 1. The van der Waals surface area contributed by atoms with Gasteiger partial charge in [0.25, 0.3) is 11.8 Å². The lowest BCUT2D eigenvalue weighted by Crippen LogP contribution is -2.18. The third-order valence-electron chi connectivity index (χ3n) is 4.58. The van der Waals surface area contributed by atoms with Crippen molar-refractivity contribution >= 4 is 39.8 Å². The molecule has 27 heavy (non-hydrogen) atoms. The van der Waals surface area contributed by atoms with Gasteiger partial charge in [-0.15, -0.1) is 11.3 Å². The summed E-state index contributed by atoms with van der Waals surface area (Å²) in [5, 5.41) is 3.89. The lowest BCUT2D eigenvalue weighted by atomic mass is 9.95. The van der Waals surface area contributed by atoms with Gasteiger partial charge in [0.1, 0.15) is 10.8 Å². The second-order valence-electron chi connectivity index (χ2n) is 6.41.